The lowest BCUT2D eigenvalue weighted by Gasteiger charge is -2.28. The Morgan fingerprint density at radius 1 is 1.28 bits per heavy atom. The van der Waals surface area contributed by atoms with Gasteiger partial charge in [0.15, 0.2) is 11.5 Å². The van der Waals surface area contributed by atoms with E-state index >= 15 is 0 Å². The second kappa shape index (κ2) is 4.44. The van der Waals surface area contributed by atoms with E-state index in [9.17, 15) is 0 Å². The number of hydrogen-bond donors (Lipinski definition) is 1. The minimum Gasteiger partial charge on any atom is -0.454 e. The molecular formula is C14H19NO3. The lowest BCUT2D eigenvalue weighted by Crippen LogP contribution is -2.34. The largest absolute Gasteiger partial charge is 0.454 e. The molecule has 2 aliphatic rings. The van der Waals surface area contributed by atoms with Gasteiger partial charge in [-0.2, -0.15) is 0 Å². The van der Waals surface area contributed by atoms with Crippen molar-refractivity contribution < 1.29 is 14.2 Å². The third kappa shape index (κ3) is 1.76. The van der Waals surface area contributed by atoms with Gasteiger partial charge in [-0.3, -0.25) is 0 Å². The summed E-state index contributed by atoms with van der Waals surface area (Å²) in [5.41, 5.74) is 8.52. The fraction of sp³-hybridized carbons (Fsp3) is 0.571. The van der Waals surface area contributed by atoms with Crippen LogP contribution in [0.1, 0.15) is 36.8 Å². The Balaban J connectivity index is 2.12. The summed E-state index contributed by atoms with van der Waals surface area (Å²) < 4.78 is 16.4. The summed E-state index contributed by atoms with van der Waals surface area (Å²) in [6.07, 6.45) is 4.36. The molecule has 98 valence electrons. The predicted octanol–water partition coefficient (Wildman–Crippen LogP) is 2.29. The summed E-state index contributed by atoms with van der Waals surface area (Å²) in [4.78, 5) is 0. The lowest BCUT2D eigenvalue weighted by atomic mass is 9.85. The fourth-order valence-electron chi connectivity index (χ4n) is 3.09. The van der Waals surface area contributed by atoms with Gasteiger partial charge in [0, 0.05) is 18.2 Å². The third-order valence-corrected chi connectivity index (χ3v) is 3.92. The first-order valence-electron chi connectivity index (χ1n) is 6.44. The van der Waals surface area contributed by atoms with Crippen LogP contribution in [-0.4, -0.2) is 13.9 Å². The Hall–Kier alpha value is -1.26. The molecule has 0 saturated heterocycles. The van der Waals surface area contributed by atoms with E-state index in [0.29, 0.717) is 6.61 Å². The highest BCUT2D eigenvalue weighted by Gasteiger charge is 2.38. The smallest absolute Gasteiger partial charge is 0.231 e. The summed E-state index contributed by atoms with van der Waals surface area (Å²) in [6.45, 7) is 0.847. The zero-order valence-corrected chi connectivity index (χ0v) is 10.7. The average Bonchev–Trinajstić information content (AvgIpc) is 2.98. The van der Waals surface area contributed by atoms with Gasteiger partial charge in [-0.05, 0) is 24.5 Å². The number of ether oxygens (including phenoxy) is 3. The lowest BCUT2D eigenvalue weighted by molar-refractivity contribution is 0.169. The third-order valence-electron chi connectivity index (χ3n) is 3.92. The number of rotatable bonds is 3. The summed E-state index contributed by atoms with van der Waals surface area (Å²) in [7, 11) is 1.70. The fourth-order valence-corrected chi connectivity index (χ4v) is 3.09. The summed E-state index contributed by atoms with van der Waals surface area (Å²) >= 11 is 0. The second-order valence-electron chi connectivity index (χ2n) is 5.13. The molecule has 1 aliphatic carbocycles. The van der Waals surface area contributed by atoms with Crippen LogP contribution in [0.3, 0.4) is 0 Å². The summed E-state index contributed by atoms with van der Waals surface area (Å²) in [5, 5.41) is 0. The Labute approximate surface area is 107 Å². The van der Waals surface area contributed by atoms with Crippen molar-refractivity contribution in [2.75, 3.05) is 13.9 Å². The molecule has 1 heterocycles. The molecule has 0 bridgehead atoms. The molecule has 0 atom stereocenters. The number of methoxy groups -OCH3 is 1. The van der Waals surface area contributed by atoms with Gasteiger partial charge in [0.2, 0.25) is 6.79 Å². The van der Waals surface area contributed by atoms with Crippen LogP contribution in [0.5, 0.6) is 11.5 Å². The van der Waals surface area contributed by atoms with Crippen LogP contribution in [-0.2, 0) is 16.9 Å². The molecule has 3 rings (SSSR count). The van der Waals surface area contributed by atoms with Gasteiger partial charge >= 0.3 is 0 Å². The normalized spacial score (nSPS) is 20.3. The number of nitrogens with two attached hydrogens (primary N) is 1. The van der Waals surface area contributed by atoms with Crippen molar-refractivity contribution in [3.05, 3.63) is 23.3 Å². The maximum atomic E-state index is 6.59. The van der Waals surface area contributed by atoms with E-state index in [0.717, 1.165) is 35.5 Å². The quantitative estimate of drug-likeness (QED) is 0.893. The topological polar surface area (TPSA) is 53.7 Å². The van der Waals surface area contributed by atoms with Crippen molar-refractivity contribution in [2.45, 2.75) is 37.8 Å². The van der Waals surface area contributed by atoms with Crippen molar-refractivity contribution in [1.29, 1.82) is 0 Å². The molecule has 0 spiro atoms. The van der Waals surface area contributed by atoms with Crippen molar-refractivity contribution in [1.82, 2.24) is 0 Å². The number of hydrogen-bond acceptors (Lipinski definition) is 4. The van der Waals surface area contributed by atoms with E-state index in [1.807, 2.05) is 12.1 Å². The molecule has 18 heavy (non-hydrogen) atoms. The first-order valence-corrected chi connectivity index (χ1v) is 6.44. The SMILES string of the molecule is COCc1ccc2c(c1C1(N)CCCC1)OCO2. The van der Waals surface area contributed by atoms with Gasteiger partial charge < -0.3 is 19.9 Å². The molecule has 0 radical (unpaired) electrons. The maximum Gasteiger partial charge on any atom is 0.231 e. The second-order valence-corrected chi connectivity index (χ2v) is 5.13. The molecule has 1 aliphatic heterocycles. The van der Waals surface area contributed by atoms with Crippen molar-refractivity contribution in [3.63, 3.8) is 0 Å². The van der Waals surface area contributed by atoms with Gasteiger partial charge in [0.05, 0.1) is 6.61 Å². The van der Waals surface area contributed by atoms with Crippen LogP contribution in [0.4, 0.5) is 0 Å². The molecule has 4 heteroatoms. The maximum absolute atomic E-state index is 6.59. The van der Waals surface area contributed by atoms with E-state index < -0.39 is 0 Å². The number of fused-ring (bicyclic) bond motifs is 1. The van der Waals surface area contributed by atoms with E-state index in [1.54, 1.807) is 7.11 Å². The zero-order chi connectivity index (χ0) is 12.6. The summed E-state index contributed by atoms with van der Waals surface area (Å²) in [5.74, 6) is 1.63. The van der Waals surface area contributed by atoms with E-state index in [-0.39, 0.29) is 12.3 Å². The standard InChI is InChI=1S/C14H19NO3/c1-16-8-10-4-5-11-13(18-9-17-11)12(10)14(15)6-2-3-7-14/h4-5H,2-3,6-9,15H2,1H3. The van der Waals surface area contributed by atoms with Gasteiger partial charge in [0.25, 0.3) is 0 Å². The molecule has 0 unspecified atom stereocenters. The zero-order valence-electron chi connectivity index (χ0n) is 10.7. The predicted molar refractivity (Wildman–Crippen MR) is 67.6 cm³/mol. The molecule has 1 aromatic rings. The van der Waals surface area contributed by atoms with Crippen LogP contribution in [0, 0.1) is 0 Å². The Kier molecular flexibility index (Phi) is 2.92. The minimum atomic E-state index is -0.285. The first-order chi connectivity index (χ1) is 8.74. The van der Waals surface area contributed by atoms with E-state index in [2.05, 4.69) is 0 Å². The number of benzene rings is 1. The average molecular weight is 249 g/mol. The molecule has 0 amide bonds. The molecule has 4 nitrogen and oxygen atoms in total. The van der Waals surface area contributed by atoms with Gasteiger partial charge in [-0.15, -0.1) is 0 Å². The molecule has 2 N–H and O–H groups in total. The molecule has 1 fully saturated rings. The van der Waals surface area contributed by atoms with E-state index in [4.69, 9.17) is 19.9 Å². The van der Waals surface area contributed by atoms with Gasteiger partial charge in [0.1, 0.15) is 0 Å². The first kappa shape index (κ1) is 11.8. The van der Waals surface area contributed by atoms with Crippen LogP contribution < -0.4 is 15.2 Å². The Morgan fingerprint density at radius 3 is 2.78 bits per heavy atom. The summed E-state index contributed by atoms with van der Waals surface area (Å²) in [6, 6.07) is 3.98. The van der Waals surface area contributed by atoms with E-state index in [1.165, 1.54) is 12.8 Å². The Bertz CT molecular complexity index is 453. The highest BCUT2D eigenvalue weighted by atomic mass is 16.7. The highest BCUT2D eigenvalue weighted by Crippen LogP contribution is 2.47. The van der Waals surface area contributed by atoms with Crippen LogP contribution in [0.15, 0.2) is 12.1 Å². The Morgan fingerprint density at radius 2 is 2.06 bits per heavy atom. The van der Waals surface area contributed by atoms with Crippen molar-refractivity contribution in [3.8, 4) is 11.5 Å². The van der Waals surface area contributed by atoms with Crippen LogP contribution >= 0.6 is 0 Å². The van der Waals surface area contributed by atoms with Gasteiger partial charge in [-0.1, -0.05) is 18.9 Å². The van der Waals surface area contributed by atoms with Crippen molar-refractivity contribution in [2.24, 2.45) is 5.73 Å². The molecule has 1 aromatic carbocycles. The van der Waals surface area contributed by atoms with Gasteiger partial charge in [-0.25, -0.2) is 0 Å². The van der Waals surface area contributed by atoms with Crippen LogP contribution in [0.25, 0.3) is 0 Å². The highest BCUT2D eigenvalue weighted by molar-refractivity contribution is 5.55. The molecular weight excluding hydrogens is 230 g/mol. The van der Waals surface area contributed by atoms with Crippen molar-refractivity contribution >= 4 is 0 Å². The van der Waals surface area contributed by atoms with Crippen LogP contribution in [0.2, 0.25) is 0 Å². The molecule has 1 saturated carbocycles. The minimum absolute atomic E-state index is 0.285. The molecule has 0 aromatic heterocycles. The monoisotopic (exact) mass is 249 g/mol.